The van der Waals surface area contributed by atoms with Crippen LogP contribution in [0.5, 0.6) is 0 Å². The maximum Gasteiger partial charge on any atom is 0.188 e. The highest BCUT2D eigenvalue weighted by Gasteiger charge is 2.33. The molecule has 1 aliphatic rings. The minimum atomic E-state index is 0.333. The number of nitrogens with zero attached hydrogens (tertiary/aromatic N) is 1. The zero-order valence-electron chi connectivity index (χ0n) is 12.9. The summed E-state index contributed by atoms with van der Waals surface area (Å²) < 4.78 is 5.51. The third-order valence-corrected chi connectivity index (χ3v) is 3.92. The van der Waals surface area contributed by atoms with Crippen LogP contribution in [0.15, 0.2) is 4.99 Å². The molecule has 4 heteroatoms. The van der Waals surface area contributed by atoms with Crippen molar-refractivity contribution < 1.29 is 4.74 Å². The lowest BCUT2D eigenvalue weighted by Gasteiger charge is -2.27. The Morgan fingerprint density at radius 1 is 1.37 bits per heavy atom. The lowest BCUT2D eigenvalue weighted by atomic mass is 9.83. The first-order valence-electron chi connectivity index (χ1n) is 7.69. The van der Waals surface area contributed by atoms with Gasteiger partial charge in [0.2, 0.25) is 0 Å². The minimum Gasteiger partial charge on any atom is -0.382 e. The molecule has 0 spiro atoms. The first-order chi connectivity index (χ1) is 9.08. The van der Waals surface area contributed by atoms with Crippen molar-refractivity contribution >= 4 is 5.96 Å². The predicted molar refractivity (Wildman–Crippen MR) is 81.3 cm³/mol. The van der Waals surface area contributed by atoms with Gasteiger partial charge < -0.3 is 15.8 Å². The zero-order valence-corrected chi connectivity index (χ0v) is 12.9. The summed E-state index contributed by atoms with van der Waals surface area (Å²) in [6.07, 6.45) is 6.28. The van der Waals surface area contributed by atoms with E-state index in [0.29, 0.717) is 17.3 Å². The van der Waals surface area contributed by atoms with Gasteiger partial charge in [0.15, 0.2) is 5.96 Å². The van der Waals surface area contributed by atoms with Gasteiger partial charge in [-0.1, -0.05) is 26.7 Å². The number of nitrogens with two attached hydrogens (primary N) is 1. The van der Waals surface area contributed by atoms with Crippen LogP contribution in [0, 0.1) is 11.3 Å². The second-order valence-corrected chi connectivity index (χ2v) is 6.13. The highest BCUT2D eigenvalue weighted by atomic mass is 16.5. The van der Waals surface area contributed by atoms with Crippen LogP contribution >= 0.6 is 0 Å². The van der Waals surface area contributed by atoms with Crippen molar-refractivity contribution in [2.75, 3.05) is 26.3 Å². The van der Waals surface area contributed by atoms with Crippen LogP contribution in [0.2, 0.25) is 0 Å². The highest BCUT2D eigenvalue weighted by Crippen LogP contribution is 2.41. The van der Waals surface area contributed by atoms with Gasteiger partial charge in [-0.15, -0.1) is 0 Å². The summed E-state index contributed by atoms with van der Waals surface area (Å²) in [6.45, 7) is 9.77. The molecule has 0 aromatic rings. The summed E-state index contributed by atoms with van der Waals surface area (Å²) in [5.41, 5.74) is 6.25. The van der Waals surface area contributed by atoms with Crippen LogP contribution in [0.1, 0.15) is 52.9 Å². The monoisotopic (exact) mass is 269 g/mol. The van der Waals surface area contributed by atoms with Gasteiger partial charge in [0.25, 0.3) is 0 Å². The lowest BCUT2D eigenvalue weighted by Crippen LogP contribution is -2.35. The van der Waals surface area contributed by atoms with Gasteiger partial charge in [-0.3, -0.25) is 4.99 Å². The molecule has 0 heterocycles. The third-order valence-electron chi connectivity index (χ3n) is 3.92. The molecule has 0 saturated heterocycles. The number of guanidine groups is 1. The summed E-state index contributed by atoms with van der Waals surface area (Å²) in [7, 11) is 0. The third kappa shape index (κ3) is 6.28. The van der Waals surface area contributed by atoms with Crippen molar-refractivity contribution in [3.05, 3.63) is 0 Å². The molecule has 0 aromatic carbocycles. The van der Waals surface area contributed by atoms with E-state index in [1.807, 2.05) is 6.92 Å². The van der Waals surface area contributed by atoms with Gasteiger partial charge in [-0.25, -0.2) is 0 Å². The number of hydrogen-bond acceptors (Lipinski definition) is 2. The van der Waals surface area contributed by atoms with Gasteiger partial charge in [0.05, 0.1) is 0 Å². The molecule has 0 atom stereocenters. The number of ether oxygens (including phenoxy) is 1. The number of nitrogens with one attached hydrogen (secondary N) is 1. The van der Waals surface area contributed by atoms with Gasteiger partial charge in [0.1, 0.15) is 0 Å². The van der Waals surface area contributed by atoms with Crippen LogP contribution in [0.4, 0.5) is 0 Å². The molecule has 1 rings (SSSR count). The predicted octanol–water partition coefficient (Wildman–Crippen LogP) is 2.53. The van der Waals surface area contributed by atoms with Crippen molar-refractivity contribution in [2.45, 2.75) is 52.9 Å². The first-order valence-corrected chi connectivity index (χ1v) is 7.69. The van der Waals surface area contributed by atoms with E-state index in [1.54, 1.807) is 0 Å². The zero-order chi connectivity index (χ0) is 14.1. The van der Waals surface area contributed by atoms with Crippen LogP contribution in [-0.2, 0) is 4.74 Å². The summed E-state index contributed by atoms with van der Waals surface area (Å²) >= 11 is 0. The van der Waals surface area contributed by atoms with E-state index in [-0.39, 0.29) is 0 Å². The lowest BCUT2D eigenvalue weighted by molar-refractivity contribution is 0.107. The molecule has 112 valence electrons. The Bertz CT molecular complexity index is 271. The van der Waals surface area contributed by atoms with Crippen molar-refractivity contribution in [2.24, 2.45) is 22.1 Å². The van der Waals surface area contributed by atoms with E-state index in [2.05, 4.69) is 24.2 Å². The van der Waals surface area contributed by atoms with Crippen molar-refractivity contribution in [1.82, 2.24) is 5.32 Å². The van der Waals surface area contributed by atoms with E-state index in [4.69, 9.17) is 10.5 Å². The molecular weight excluding hydrogens is 238 g/mol. The largest absolute Gasteiger partial charge is 0.382 e. The van der Waals surface area contributed by atoms with Crippen molar-refractivity contribution in [3.8, 4) is 0 Å². The summed E-state index contributed by atoms with van der Waals surface area (Å²) in [4.78, 5) is 4.56. The molecule has 1 aliphatic carbocycles. The van der Waals surface area contributed by atoms with Crippen LogP contribution in [0.3, 0.4) is 0 Å². The number of hydrogen-bond donors (Lipinski definition) is 2. The van der Waals surface area contributed by atoms with E-state index >= 15 is 0 Å². The molecule has 4 nitrogen and oxygen atoms in total. The smallest absolute Gasteiger partial charge is 0.188 e. The fourth-order valence-corrected chi connectivity index (χ4v) is 2.66. The molecule has 0 unspecified atom stereocenters. The average Bonchev–Trinajstić information content (AvgIpc) is 2.83. The van der Waals surface area contributed by atoms with E-state index in [9.17, 15) is 0 Å². The fourth-order valence-electron chi connectivity index (χ4n) is 2.66. The first kappa shape index (κ1) is 16.3. The van der Waals surface area contributed by atoms with Crippen LogP contribution in [0.25, 0.3) is 0 Å². The maximum absolute atomic E-state index is 5.92. The van der Waals surface area contributed by atoms with E-state index < -0.39 is 0 Å². The topological polar surface area (TPSA) is 59.6 Å². The van der Waals surface area contributed by atoms with Gasteiger partial charge >= 0.3 is 0 Å². The molecule has 19 heavy (non-hydrogen) atoms. The van der Waals surface area contributed by atoms with Crippen molar-refractivity contribution in [3.63, 3.8) is 0 Å². The van der Waals surface area contributed by atoms with Crippen LogP contribution < -0.4 is 11.1 Å². The SMILES string of the molecule is CCOCCC1(CN=C(N)NCC(C)C)CCCC1. The van der Waals surface area contributed by atoms with Crippen LogP contribution in [-0.4, -0.2) is 32.3 Å². The maximum atomic E-state index is 5.92. The quantitative estimate of drug-likeness (QED) is 0.404. The Balaban J connectivity index is 2.42. The molecule has 1 fully saturated rings. The van der Waals surface area contributed by atoms with Crippen molar-refractivity contribution in [1.29, 1.82) is 0 Å². The summed E-state index contributed by atoms with van der Waals surface area (Å²) in [5, 5.41) is 3.19. The van der Waals surface area contributed by atoms with Gasteiger partial charge in [-0.05, 0) is 37.5 Å². The molecule has 0 radical (unpaired) electrons. The molecule has 1 saturated carbocycles. The van der Waals surface area contributed by atoms with E-state index in [0.717, 1.165) is 32.7 Å². The molecule has 0 bridgehead atoms. The molecule has 0 amide bonds. The number of aliphatic imine (C=N–C) groups is 1. The normalized spacial score (nSPS) is 19.1. The second-order valence-electron chi connectivity index (χ2n) is 6.13. The molecule has 3 N–H and O–H groups in total. The molecular formula is C15H31N3O. The Hall–Kier alpha value is -0.770. The fraction of sp³-hybridized carbons (Fsp3) is 0.933. The Labute approximate surface area is 118 Å². The molecule has 0 aliphatic heterocycles. The Kier molecular flexibility index (Phi) is 7.21. The summed E-state index contributed by atoms with van der Waals surface area (Å²) in [6, 6.07) is 0. The Morgan fingerprint density at radius 2 is 2.05 bits per heavy atom. The number of rotatable bonds is 8. The minimum absolute atomic E-state index is 0.333. The van der Waals surface area contributed by atoms with E-state index in [1.165, 1.54) is 25.7 Å². The highest BCUT2D eigenvalue weighted by molar-refractivity contribution is 5.77. The summed E-state index contributed by atoms with van der Waals surface area (Å²) in [5.74, 6) is 1.18. The average molecular weight is 269 g/mol. The second kappa shape index (κ2) is 8.41. The standard InChI is InChI=1S/C15H31N3O/c1-4-19-10-9-15(7-5-6-8-15)12-18-14(16)17-11-13(2)3/h13H,4-12H2,1-3H3,(H3,16,17,18). The van der Waals surface area contributed by atoms with Gasteiger partial charge in [0, 0.05) is 26.3 Å². The Morgan fingerprint density at radius 3 is 2.63 bits per heavy atom. The van der Waals surface area contributed by atoms with Gasteiger partial charge in [-0.2, -0.15) is 0 Å². The molecule has 0 aromatic heterocycles.